The van der Waals surface area contributed by atoms with Crippen LogP contribution >= 0.6 is 0 Å². The number of hydrogen-bond donors (Lipinski definition) is 0. The Morgan fingerprint density at radius 2 is 1.14 bits per heavy atom. The first-order chi connectivity index (χ1) is 6.33. The zero-order valence-corrected chi connectivity index (χ0v) is 9.64. The Balaban J connectivity index is 2.01. The largest absolute Gasteiger partial charge is 0.369 e. The van der Waals surface area contributed by atoms with Crippen LogP contribution in [0.1, 0.15) is 40.5 Å². The normalized spacial score (nSPS) is 52.3. The molecule has 2 heterocycles. The molecule has 1 saturated carbocycles. The van der Waals surface area contributed by atoms with Gasteiger partial charge in [0, 0.05) is 5.41 Å². The van der Waals surface area contributed by atoms with Gasteiger partial charge in [-0.1, -0.05) is 27.7 Å². The Kier molecular flexibility index (Phi) is 1.34. The summed E-state index contributed by atoms with van der Waals surface area (Å²) < 4.78 is 11.6. The van der Waals surface area contributed by atoms with Gasteiger partial charge in [-0.05, 0) is 18.3 Å². The van der Waals surface area contributed by atoms with Gasteiger partial charge >= 0.3 is 0 Å². The first kappa shape index (κ1) is 9.17. The van der Waals surface area contributed by atoms with Gasteiger partial charge in [-0.25, -0.2) is 0 Å². The van der Waals surface area contributed by atoms with Crippen LogP contribution in [0, 0.1) is 10.8 Å². The number of epoxide rings is 2. The van der Waals surface area contributed by atoms with Crippen molar-refractivity contribution in [3.8, 4) is 0 Å². The second-order valence-corrected chi connectivity index (χ2v) is 6.71. The highest BCUT2D eigenvalue weighted by Gasteiger charge is 2.74. The van der Waals surface area contributed by atoms with Crippen LogP contribution in [-0.2, 0) is 9.47 Å². The molecule has 2 unspecified atom stereocenters. The summed E-state index contributed by atoms with van der Waals surface area (Å²) >= 11 is 0. The molecule has 2 aliphatic heterocycles. The van der Waals surface area contributed by atoms with E-state index in [2.05, 4.69) is 27.7 Å². The van der Waals surface area contributed by atoms with Crippen molar-refractivity contribution < 1.29 is 9.47 Å². The summed E-state index contributed by atoms with van der Waals surface area (Å²) in [6, 6.07) is 0. The average molecular weight is 196 g/mol. The number of rotatable bonds is 0. The fourth-order valence-electron chi connectivity index (χ4n) is 3.57. The third-order valence-electron chi connectivity index (χ3n) is 4.79. The van der Waals surface area contributed by atoms with Crippen LogP contribution in [0.4, 0.5) is 0 Å². The molecule has 2 spiro atoms. The molecule has 2 atom stereocenters. The Bertz CT molecular complexity index is 257. The molecule has 0 aromatic heterocycles. The lowest BCUT2D eigenvalue weighted by molar-refractivity contribution is -0.0514. The summed E-state index contributed by atoms with van der Waals surface area (Å²) in [5.74, 6) is 0. The lowest BCUT2D eigenvalue weighted by Gasteiger charge is -2.49. The van der Waals surface area contributed by atoms with Crippen LogP contribution in [-0.4, -0.2) is 24.4 Å². The molecular weight excluding hydrogens is 176 g/mol. The van der Waals surface area contributed by atoms with E-state index < -0.39 is 0 Å². The number of hydrogen-bond acceptors (Lipinski definition) is 2. The minimum Gasteiger partial charge on any atom is -0.369 e. The molecular formula is C12H20O2. The van der Waals surface area contributed by atoms with Gasteiger partial charge in [-0.3, -0.25) is 0 Å². The molecule has 1 aliphatic carbocycles. The molecule has 2 nitrogen and oxygen atoms in total. The van der Waals surface area contributed by atoms with E-state index in [-0.39, 0.29) is 16.6 Å². The van der Waals surface area contributed by atoms with Gasteiger partial charge in [0.05, 0.1) is 13.2 Å². The third kappa shape index (κ3) is 0.892. The summed E-state index contributed by atoms with van der Waals surface area (Å²) in [6.07, 6.45) is 2.39. The van der Waals surface area contributed by atoms with E-state index in [1.54, 1.807) is 0 Å². The fraction of sp³-hybridized carbons (Fsp3) is 1.00. The minimum atomic E-state index is 0.130. The predicted octanol–water partition coefficient (Wildman–Crippen LogP) is 2.37. The molecule has 2 saturated heterocycles. The number of ether oxygens (including phenoxy) is 2. The standard InChI is InChI=1S/C12H20O2/c1-9(2)5-11(7-13-11)10(3,4)12(6-9)8-14-12/h5-8H2,1-4H3. The summed E-state index contributed by atoms with van der Waals surface area (Å²) in [5.41, 5.74) is 0.842. The smallest absolute Gasteiger partial charge is 0.100 e. The van der Waals surface area contributed by atoms with Crippen LogP contribution in [0.2, 0.25) is 0 Å². The Hall–Kier alpha value is -0.0800. The average Bonchev–Trinajstić information content (AvgIpc) is 2.82. The molecule has 0 N–H and O–H groups in total. The van der Waals surface area contributed by atoms with Gasteiger partial charge in [0.1, 0.15) is 11.2 Å². The topological polar surface area (TPSA) is 25.1 Å². The first-order valence-corrected chi connectivity index (χ1v) is 5.61. The maximum Gasteiger partial charge on any atom is 0.100 e. The summed E-state index contributed by atoms with van der Waals surface area (Å²) in [5, 5.41) is 0. The molecule has 80 valence electrons. The van der Waals surface area contributed by atoms with Crippen molar-refractivity contribution >= 4 is 0 Å². The van der Waals surface area contributed by atoms with Gasteiger partial charge in [0.15, 0.2) is 0 Å². The minimum absolute atomic E-state index is 0.130. The lowest BCUT2D eigenvalue weighted by Crippen LogP contribution is -2.54. The molecule has 0 radical (unpaired) electrons. The van der Waals surface area contributed by atoms with Crippen LogP contribution in [0.5, 0.6) is 0 Å². The van der Waals surface area contributed by atoms with Crippen molar-refractivity contribution in [1.82, 2.24) is 0 Å². The van der Waals surface area contributed by atoms with E-state index in [9.17, 15) is 0 Å². The van der Waals surface area contributed by atoms with Gasteiger partial charge in [-0.2, -0.15) is 0 Å². The van der Waals surface area contributed by atoms with Crippen LogP contribution in [0.15, 0.2) is 0 Å². The molecule has 0 amide bonds. The summed E-state index contributed by atoms with van der Waals surface area (Å²) in [6.45, 7) is 11.2. The lowest BCUT2D eigenvalue weighted by atomic mass is 9.55. The monoisotopic (exact) mass is 196 g/mol. The molecule has 14 heavy (non-hydrogen) atoms. The van der Waals surface area contributed by atoms with Crippen molar-refractivity contribution in [3.05, 3.63) is 0 Å². The predicted molar refractivity (Wildman–Crippen MR) is 54.2 cm³/mol. The van der Waals surface area contributed by atoms with E-state index in [1.807, 2.05) is 0 Å². The van der Waals surface area contributed by atoms with Gasteiger partial charge in [-0.15, -0.1) is 0 Å². The van der Waals surface area contributed by atoms with Crippen LogP contribution in [0.3, 0.4) is 0 Å². The molecule has 2 heteroatoms. The Morgan fingerprint density at radius 1 is 0.786 bits per heavy atom. The van der Waals surface area contributed by atoms with Crippen molar-refractivity contribution in [2.45, 2.75) is 51.7 Å². The molecule has 0 bridgehead atoms. The second-order valence-electron chi connectivity index (χ2n) is 6.71. The van der Waals surface area contributed by atoms with Crippen molar-refractivity contribution in [1.29, 1.82) is 0 Å². The highest BCUT2D eigenvalue weighted by atomic mass is 16.6. The van der Waals surface area contributed by atoms with Gasteiger partial charge < -0.3 is 9.47 Å². The van der Waals surface area contributed by atoms with Crippen molar-refractivity contribution in [3.63, 3.8) is 0 Å². The maximum atomic E-state index is 5.78. The zero-order chi connectivity index (χ0) is 10.2. The molecule has 3 aliphatic rings. The molecule has 0 aromatic rings. The van der Waals surface area contributed by atoms with E-state index in [1.165, 1.54) is 12.8 Å². The second kappa shape index (κ2) is 2.05. The van der Waals surface area contributed by atoms with Crippen molar-refractivity contribution in [2.24, 2.45) is 10.8 Å². The Labute approximate surface area is 86.0 Å². The first-order valence-electron chi connectivity index (χ1n) is 5.61. The highest BCUT2D eigenvalue weighted by Crippen LogP contribution is 2.67. The highest BCUT2D eigenvalue weighted by molar-refractivity contribution is 5.23. The summed E-state index contributed by atoms with van der Waals surface area (Å²) in [4.78, 5) is 0. The summed E-state index contributed by atoms with van der Waals surface area (Å²) in [7, 11) is 0. The Morgan fingerprint density at radius 3 is 1.43 bits per heavy atom. The van der Waals surface area contributed by atoms with E-state index in [4.69, 9.17) is 9.47 Å². The van der Waals surface area contributed by atoms with Crippen LogP contribution < -0.4 is 0 Å². The zero-order valence-electron chi connectivity index (χ0n) is 9.64. The van der Waals surface area contributed by atoms with Crippen LogP contribution in [0.25, 0.3) is 0 Å². The van der Waals surface area contributed by atoms with E-state index >= 15 is 0 Å². The quantitative estimate of drug-likeness (QED) is 0.556. The van der Waals surface area contributed by atoms with Gasteiger partial charge in [0.2, 0.25) is 0 Å². The van der Waals surface area contributed by atoms with E-state index in [0.29, 0.717) is 5.41 Å². The van der Waals surface area contributed by atoms with E-state index in [0.717, 1.165) is 13.2 Å². The third-order valence-corrected chi connectivity index (χ3v) is 4.79. The molecule has 3 rings (SSSR count). The van der Waals surface area contributed by atoms with Gasteiger partial charge in [0.25, 0.3) is 0 Å². The maximum absolute atomic E-state index is 5.78. The van der Waals surface area contributed by atoms with Crippen molar-refractivity contribution in [2.75, 3.05) is 13.2 Å². The fourth-order valence-corrected chi connectivity index (χ4v) is 3.57. The molecule has 3 fully saturated rings. The molecule has 0 aromatic carbocycles. The SMILES string of the molecule is CC1(C)CC2(CO2)C(C)(C)C2(CO2)C1.